The number of halogens is 1. The maximum absolute atomic E-state index is 13.1. The summed E-state index contributed by atoms with van der Waals surface area (Å²) in [5.74, 6) is 0.109. The van der Waals surface area contributed by atoms with Gasteiger partial charge in [0.2, 0.25) is 10.0 Å². The van der Waals surface area contributed by atoms with E-state index >= 15 is 0 Å². The van der Waals surface area contributed by atoms with E-state index in [9.17, 15) is 13.2 Å². The van der Waals surface area contributed by atoms with Crippen LogP contribution in [0.1, 0.15) is 62.6 Å². The van der Waals surface area contributed by atoms with Crippen molar-refractivity contribution >= 4 is 27.6 Å². The Morgan fingerprint density at radius 1 is 1.06 bits per heavy atom. The molecule has 0 spiro atoms. The monoisotopic (exact) mass is 463 g/mol. The minimum absolute atomic E-state index is 0.144. The minimum atomic E-state index is -3.69. The van der Waals surface area contributed by atoms with Crippen molar-refractivity contribution in [2.24, 2.45) is 11.8 Å². The second kappa shape index (κ2) is 10.6. The predicted molar refractivity (Wildman–Crippen MR) is 123 cm³/mol. The average Bonchev–Trinajstić information content (AvgIpc) is 2.73. The maximum Gasteiger partial charge on any atom is 0.303 e. The van der Waals surface area contributed by atoms with E-state index in [-0.39, 0.29) is 23.3 Å². The summed E-state index contributed by atoms with van der Waals surface area (Å²) in [6, 6.07) is 13.8. The SMILES string of the molecule is C[C@H]1CC[C@H](C(NS(=O)(=O)c2ccc(Cl)cc2)c2ccc(CCCC(=O)O)cc2)CC1. The van der Waals surface area contributed by atoms with E-state index in [4.69, 9.17) is 16.7 Å². The summed E-state index contributed by atoms with van der Waals surface area (Å²) in [5, 5.41) is 9.31. The zero-order chi connectivity index (χ0) is 22.4. The molecule has 0 bridgehead atoms. The Kier molecular flexibility index (Phi) is 8.14. The van der Waals surface area contributed by atoms with Crippen LogP contribution < -0.4 is 4.72 Å². The van der Waals surface area contributed by atoms with Gasteiger partial charge in [0.1, 0.15) is 0 Å². The van der Waals surface area contributed by atoms with E-state index in [1.165, 1.54) is 12.1 Å². The summed E-state index contributed by atoms with van der Waals surface area (Å²) in [5.41, 5.74) is 2.00. The molecule has 3 rings (SSSR count). The quantitative estimate of drug-likeness (QED) is 0.507. The number of carbonyl (C=O) groups is 1. The predicted octanol–water partition coefficient (Wildman–Crippen LogP) is 5.59. The number of carboxylic acids is 1. The number of hydrogen-bond acceptors (Lipinski definition) is 3. The average molecular weight is 464 g/mol. The van der Waals surface area contributed by atoms with E-state index in [1.807, 2.05) is 24.3 Å². The third-order valence-electron chi connectivity index (χ3n) is 6.13. The van der Waals surface area contributed by atoms with E-state index in [0.29, 0.717) is 23.8 Å². The molecule has 168 valence electrons. The van der Waals surface area contributed by atoms with Gasteiger partial charge < -0.3 is 5.11 Å². The van der Waals surface area contributed by atoms with Crippen molar-refractivity contribution in [3.63, 3.8) is 0 Å². The second-order valence-electron chi connectivity index (χ2n) is 8.56. The third kappa shape index (κ3) is 6.79. The highest BCUT2D eigenvalue weighted by atomic mass is 35.5. The van der Waals surface area contributed by atoms with Crippen molar-refractivity contribution in [1.29, 1.82) is 0 Å². The van der Waals surface area contributed by atoms with Gasteiger partial charge in [-0.2, -0.15) is 0 Å². The lowest BCUT2D eigenvalue weighted by Crippen LogP contribution is -2.35. The van der Waals surface area contributed by atoms with Crippen LogP contribution in [0.2, 0.25) is 5.02 Å². The Balaban J connectivity index is 1.81. The Morgan fingerprint density at radius 2 is 1.68 bits per heavy atom. The largest absolute Gasteiger partial charge is 0.481 e. The van der Waals surface area contributed by atoms with E-state index in [1.54, 1.807) is 12.1 Å². The van der Waals surface area contributed by atoms with Gasteiger partial charge in [0.05, 0.1) is 4.90 Å². The standard InChI is InChI=1S/C24H30ClNO4S/c1-17-5-9-19(10-6-17)24(26-31(29,30)22-15-13-21(25)14-16-22)20-11-7-18(8-12-20)3-2-4-23(27)28/h7-8,11-17,19,24,26H,2-6,9-10H2,1H3,(H,27,28)/t17-,19-,24?. The molecule has 1 aliphatic rings. The van der Waals surface area contributed by atoms with Crippen molar-refractivity contribution in [2.45, 2.75) is 62.8 Å². The van der Waals surface area contributed by atoms with E-state index in [2.05, 4.69) is 11.6 Å². The van der Waals surface area contributed by atoms with Crippen LogP contribution in [0.15, 0.2) is 53.4 Å². The third-order valence-corrected chi connectivity index (χ3v) is 7.84. The van der Waals surface area contributed by atoms with E-state index < -0.39 is 16.0 Å². The van der Waals surface area contributed by atoms with Gasteiger partial charge in [-0.25, -0.2) is 13.1 Å². The molecule has 0 saturated heterocycles. The second-order valence-corrected chi connectivity index (χ2v) is 10.7. The summed E-state index contributed by atoms with van der Waals surface area (Å²) < 4.78 is 29.2. The molecule has 1 saturated carbocycles. The molecule has 5 nitrogen and oxygen atoms in total. The summed E-state index contributed by atoms with van der Waals surface area (Å²) >= 11 is 5.92. The highest BCUT2D eigenvalue weighted by Crippen LogP contribution is 2.37. The molecule has 1 atom stereocenters. The molecule has 1 aliphatic carbocycles. The number of rotatable bonds is 9. The van der Waals surface area contributed by atoms with E-state index in [0.717, 1.165) is 36.8 Å². The first-order chi connectivity index (χ1) is 14.7. The number of nitrogens with one attached hydrogen (secondary N) is 1. The number of benzene rings is 2. The molecule has 2 N–H and O–H groups in total. The lowest BCUT2D eigenvalue weighted by atomic mass is 9.77. The zero-order valence-electron chi connectivity index (χ0n) is 17.8. The van der Waals surface area contributed by atoms with Crippen molar-refractivity contribution in [2.75, 3.05) is 0 Å². The fraction of sp³-hybridized carbons (Fsp3) is 0.458. The maximum atomic E-state index is 13.1. The normalized spacial score (nSPS) is 20.3. The van der Waals surface area contributed by atoms with Crippen LogP contribution in [0.5, 0.6) is 0 Å². The van der Waals surface area contributed by atoms with Crippen molar-refractivity contribution in [3.05, 3.63) is 64.7 Å². The molecule has 0 heterocycles. The molecule has 31 heavy (non-hydrogen) atoms. The van der Waals surface area contributed by atoms with Crippen LogP contribution in [0.3, 0.4) is 0 Å². The number of carboxylic acid groups (broad SMARTS) is 1. The van der Waals surface area contributed by atoms with Gasteiger partial charge >= 0.3 is 5.97 Å². The first kappa shape index (κ1) is 23.8. The van der Waals surface area contributed by atoms with Crippen molar-refractivity contribution < 1.29 is 18.3 Å². The number of sulfonamides is 1. The highest BCUT2D eigenvalue weighted by Gasteiger charge is 2.31. The number of aryl methyl sites for hydroxylation is 1. The molecule has 0 amide bonds. The van der Waals surface area contributed by atoms with Crippen molar-refractivity contribution in [3.8, 4) is 0 Å². The molecule has 2 aromatic carbocycles. The van der Waals surface area contributed by atoms with Gasteiger partial charge in [-0.3, -0.25) is 4.79 Å². The van der Waals surface area contributed by atoms with Crippen LogP contribution in [0, 0.1) is 11.8 Å². The van der Waals surface area contributed by atoms with Gasteiger partial charge in [-0.1, -0.05) is 55.6 Å². The molecular formula is C24H30ClNO4S. The van der Waals surface area contributed by atoms with Crippen LogP contribution >= 0.6 is 11.6 Å². The highest BCUT2D eigenvalue weighted by molar-refractivity contribution is 7.89. The summed E-state index contributed by atoms with van der Waals surface area (Å²) in [7, 11) is -3.69. The fourth-order valence-electron chi connectivity index (χ4n) is 4.24. The topological polar surface area (TPSA) is 83.5 Å². The van der Waals surface area contributed by atoms with Crippen molar-refractivity contribution in [1.82, 2.24) is 4.72 Å². The molecular weight excluding hydrogens is 434 g/mol. The Morgan fingerprint density at radius 3 is 2.26 bits per heavy atom. The van der Waals surface area contributed by atoms with Crippen LogP contribution in [-0.4, -0.2) is 19.5 Å². The molecule has 1 unspecified atom stereocenters. The van der Waals surface area contributed by atoms with Gasteiger partial charge in [0, 0.05) is 17.5 Å². The smallest absolute Gasteiger partial charge is 0.303 e. The minimum Gasteiger partial charge on any atom is -0.481 e. The summed E-state index contributed by atoms with van der Waals surface area (Å²) in [6.45, 7) is 2.25. The first-order valence-electron chi connectivity index (χ1n) is 10.8. The van der Waals surface area contributed by atoms with Gasteiger partial charge in [0.25, 0.3) is 0 Å². The summed E-state index contributed by atoms with van der Waals surface area (Å²) in [6.07, 6.45) is 5.57. The zero-order valence-corrected chi connectivity index (χ0v) is 19.3. The fourth-order valence-corrected chi connectivity index (χ4v) is 5.66. The lowest BCUT2D eigenvalue weighted by molar-refractivity contribution is -0.137. The Bertz CT molecular complexity index is 966. The van der Waals surface area contributed by atoms with Gasteiger partial charge in [-0.05, 0) is 72.9 Å². The molecule has 2 aromatic rings. The molecule has 0 aliphatic heterocycles. The summed E-state index contributed by atoms with van der Waals surface area (Å²) in [4.78, 5) is 10.9. The van der Waals surface area contributed by atoms with Gasteiger partial charge in [0.15, 0.2) is 0 Å². The molecule has 1 fully saturated rings. The molecule has 0 radical (unpaired) electrons. The lowest BCUT2D eigenvalue weighted by Gasteiger charge is -2.33. The number of hydrogen-bond donors (Lipinski definition) is 2. The first-order valence-corrected chi connectivity index (χ1v) is 12.7. The number of aliphatic carboxylic acids is 1. The van der Waals surface area contributed by atoms with Crippen LogP contribution in [-0.2, 0) is 21.2 Å². The molecule has 0 aromatic heterocycles. The Labute approximate surface area is 189 Å². The van der Waals surface area contributed by atoms with Gasteiger partial charge in [-0.15, -0.1) is 0 Å². The van der Waals surface area contributed by atoms with Crippen LogP contribution in [0.25, 0.3) is 0 Å². The molecule has 7 heteroatoms. The van der Waals surface area contributed by atoms with Crippen LogP contribution in [0.4, 0.5) is 0 Å². The Hall–Kier alpha value is -1.89.